The molecule has 0 bridgehead atoms. The highest BCUT2D eigenvalue weighted by Crippen LogP contribution is 2.15. The van der Waals surface area contributed by atoms with E-state index in [0.29, 0.717) is 58.3 Å². The average molecular weight is 861 g/mol. The Kier molecular flexibility index (Phi) is 28.2. The molecule has 1 heterocycles. The number of nitrogens with two attached hydrogens (primary N) is 2. The van der Waals surface area contributed by atoms with E-state index in [2.05, 4.69) is 31.6 Å². The third kappa shape index (κ3) is 25.7. The van der Waals surface area contributed by atoms with Crippen LogP contribution in [0.4, 0.5) is 0 Å². The van der Waals surface area contributed by atoms with E-state index in [0.717, 1.165) is 18.0 Å². The number of aldehydes is 1. The Morgan fingerprint density at radius 2 is 1.24 bits per heavy atom. The second-order valence-electron chi connectivity index (χ2n) is 14.0. The molecule has 0 spiro atoms. The minimum atomic E-state index is -1.26. The van der Waals surface area contributed by atoms with Crippen LogP contribution in [0, 0.1) is 0 Å². The zero-order valence-electron chi connectivity index (χ0n) is 33.9. The van der Waals surface area contributed by atoms with Gasteiger partial charge in [0.1, 0.15) is 18.4 Å². The van der Waals surface area contributed by atoms with Crippen molar-refractivity contribution < 1.29 is 53.7 Å². The fraction of sp³-hybridized carbons (Fsp3) is 0.771. The number of carbonyl (C=O) groups is 8. The summed E-state index contributed by atoms with van der Waals surface area (Å²) >= 11 is 1.12. The molecule has 4 amide bonds. The first-order chi connectivity index (χ1) is 28.2. The molecular formula is C35H64N12O11S. The normalized spacial score (nSPS) is 16.8. The molecular weight excluding hydrogens is 797 g/mol. The van der Waals surface area contributed by atoms with E-state index in [1.54, 1.807) is 19.6 Å². The number of nitrogens with one attached hydrogen (secondary N) is 4. The van der Waals surface area contributed by atoms with Crippen molar-refractivity contribution >= 4 is 59.6 Å². The van der Waals surface area contributed by atoms with Gasteiger partial charge < -0.3 is 53.0 Å². The van der Waals surface area contributed by atoms with Crippen molar-refractivity contribution in [1.82, 2.24) is 40.9 Å². The fourth-order valence-electron chi connectivity index (χ4n) is 5.97. The van der Waals surface area contributed by atoms with Crippen molar-refractivity contribution in [3.8, 4) is 0 Å². The molecule has 1 rings (SSSR count). The summed E-state index contributed by atoms with van der Waals surface area (Å²) in [6.07, 6.45) is 3.19. The first-order valence-electron chi connectivity index (χ1n) is 19.7. The van der Waals surface area contributed by atoms with Gasteiger partial charge in [-0.1, -0.05) is 17.3 Å². The van der Waals surface area contributed by atoms with Crippen LogP contribution in [0.25, 0.3) is 0 Å². The summed E-state index contributed by atoms with van der Waals surface area (Å²) in [4.78, 5) is 106. The van der Waals surface area contributed by atoms with Gasteiger partial charge in [-0.2, -0.15) is 0 Å². The molecule has 1 saturated heterocycles. The number of nitrogens with zero attached hydrogens (tertiary/aromatic N) is 6. The summed E-state index contributed by atoms with van der Waals surface area (Å²) in [5.41, 5.74) is 5.50. The average Bonchev–Trinajstić information content (AvgIpc) is 3.16. The topological polar surface area (TPSA) is 335 Å². The Morgan fingerprint density at radius 3 is 1.69 bits per heavy atom. The molecule has 1 aliphatic heterocycles. The van der Waals surface area contributed by atoms with Crippen LogP contribution in [-0.4, -0.2) is 211 Å². The lowest BCUT2D eigenvalue weighted by Crippen LogP contribution is -2.54. The highest BCUT2D eigenvalue weighted by atomic mass is 32.2. The number of carboxylic acid groups (broad SMARTS) is 3. The maximum absolute atomic E-state index is 13.8. The molecule has 0 aromatic heterocycles. The van der Waals surface area contributed by atoms with Gasteiger partial charge in [0, 0.05) is 84.2 Å². The highest BCUT2D eigenvalue weighted by Gasteiger charge is 2.29. The van der Waals surface area contributed by atoms with E-state index in [1.807, 2.05) is 6.92 Å². The number of amides is 4. The van der Waals surface area contributed by atoms with Crippen LogP contribution in [0.2, 0.25) is 0 Å². The second kappa shape index (κ2) is 31.6. The highest BCUT2D eigenvalue weighted by molar-refractivity contribution is 8.00. The van der Waals surface area contributed by atoms with E-state index in [4.69, 9.17) is 11.6 Å². The molecule has 336 valence electrons. The van der Waals surface area contributed by atoms with Gasteiger partial charge >= 0.3 is 17.9 Å². The van der Waals surface area contributed by atoms with Crippen LogP contribution in [0.15, 0.2) is 10.3 Å². The molecule has 0 aromatic carbocycles. The Labute approximate surface area is 348 Å². The SMILES string of the molecule is CCCC(=O)NCCCCC(NC(=O)CN1CCN(CC(=O)O)CCN(CC(=O)O)CCN(CC(=O)O)CC1)C(=O)NC(CSC(C=O)CCNCCN)C(=O)N=NN. The smallest absolute Gasteiger partial charge is 0.317 e. The Balaban J connectivity index is 3.25. The maximum Gasteiger partial charge on any atom is 0.317 e. The first-order valence-corrected chi connectivity index (χ1v) is 20.8. The third-order valence-corrected chi connectivity index (χ3v) is 10.4. The molecule has 0 saturated carbocycles. The lowest BCUT2D eigenvalue weighted by Gasteiger charge is -2.33. The Morgan fingerprint density at radius 1 is 0.712 bits per heavy atom. The van der Waals surface area contributed by atoms with Gasteiger partial charge in [-0.05, 0) is 38.6 Å². The van der Waals surface area contributed by atoms with Crippen LogP contribution < -0.4 is 32.8 Å². The summed E-state index contributed by atoms with van der Waals surface area (Å²) in [7, 11) is 0. The molecule has 3 unspecified atom stereocenters. The molecule has 1 aliphatic rings. The van der Waals surface area contributed by atoms with Gasteiger partial charge in [0.15, 0.2) is 0 Å². The van der Waals surface area contributed by atoms with Crippen LogP contribution in [0.5, 0.6) is 0 Å². The number of hydrogen-bond acceptors (Lipinski definition) is 16. The fourth-order valence-corrected chi connectivity index (χ4v) is 7.00. The van der Waals surface area contributed by atoms with Crippen LogP contribution in [-0.2, 0) is 38.4 Å². The number of hydrogen-bond donors (Lipinski definition) is 9. The quantitative estimate of drug-likeness (QED) is 0.0122. The third-order valence-electron chi connectivity index (χ3n) is 9.07. The van der Waals surface area contributed by atoms with Crippen molar-refractivity contribution in [3.05, 3.63) is 0 Å². The number of thioether (sulfide) groups is 1. The molecule has 0 aromatic rings. The predicted octanol–water partition coefficient (Wildman–Crippen LogP) is -3.39. The van der Waals surface area contributed by atoms with Crippen LogP contribution in [0.3, 0.4) is 0 Å². The molecule has 0 aliphatic carbocycles. The summed E-state index contributed by atoms with van der Waals surface area (Å²) in [5, 5.41) is 45.6. The largest absolute Gasteiger partial charge is 0.480 e. The van der Waals surface area contributed by atoms with Gasteiger partial charge in [0.2, 0.25) is 17.7 Å². The number of aliphatic carboxylic acids is 3. The summed E-state index contributed by atoms with van der Waals surface area (Å²) < 4.78 is 0. The van der Waals surface area contributed by atoms with Crippen molar-refractivity contribution in [2.24, 2.45) is 21.9 Å². The zero-order chi connectivity index (χ0) is 44.0. The summed E-state index contributed by atoms with van der Waals surface area (Å²) in [6.45, 7) is 3.93. The Hall–Kier alpha value is -4.33. The van der Waals surface area contributed by atoms with E-state index in [1.165, 1.54) is 0 Å². The van der Waals surface area contributed by atoms with Crippen molar-refractivity contribution in [2.45, 2.75) is 62.8 Å². The molecule has 3 atom stereocenters. The monoisotopic (exact) mass is 860 g/mol. The van der Waals surface area contributed by atoms with Crippen LogP contribution in [0.1, 0.15) is 45.4 Å². The number of rotatable bonds is 28. The molecule has 0 radical (unpaired) electrons. The van der Waals surface area contributed by atoms with E-state index in [9.17, 15) is 53.7 Å². The standard InChI is InChI=1S/C35H64N12O11S/c1-2-5-29(49)39-9-4-3-6-27(34(57)41-28(35(58)42-43-37)25-59-26(24-48)7-10-38-11-8-36)40-30(50)20-44-12-14-45(21-31(51)52)16-18-47(23-33(55)56)19-17-46(15-13-44)22-32(53)54/h24,26-28,38H,2-23,25,36H2,1H3,(H,39,49)(H,40,50)(H,41,57)(H,51,52)(H,53,54)(H,55,56)(H2,37,42,58). The zero-order valence-corrected chi connectivity index (χ0v) is 34.7. The lowest BCUT2D eigenvalue weighted by molar-refractivity contribution is -0.140. The Bertz CT molecular complexity index is 1330. The summed E-state index contributed by atoms with van der Waals surface area (Å²) in [5.74, 6) is -0.479. The van der Waals surface area contributed by atoms with Gasteiger partial charge in [-0.15, -0.1) is 11.8 Å². The minimum Gasteiger partial charge on any atom is -0.480 e. The van der Waals surface area contributed by atoms with Crippen molar-refractivity contribution in [3.63, 3.8) is 0 Å². The van der Waals surface area contributed by atoms with E-state index >= 15 is 0 Å². The minimum absolute atomic E-state index is 0.0600. The maximum atomic E-state index is 13.8. The van der Waals surface area contributed by atoms with Gasteiger partial charge in [-0.25, -0.2) is 0 Å². The number of carboxylic acids is 3. The first kappa shape index (κ1) is 52.7. The molecule has 59 heavy (non-hydrogen) atoms. The van der Waals surface area contributed by atoms with Gasteiger partial charge in [-0.3, -0.25) is 53.2 Å². The van der Waals surface area contributed by atoms with Gasteiger partial charge in [0.25, 0.3) is 5.91 Å². The molecule has 11 N–H and O–H groups in total. The number of carbonyl (C=O) groups excluding carboxylic acids is 5. The van der Waals surface area contributed by atoms with Gasteiger partial charge in [0.05, 0.1) is 31.4 Å². The molecule has 1 fully saturated rings. The van der Waals surface area contributed by atoms with E-state index < -0.39 is 53.0 Å². The second-order valence-corrected chi connectivity index (χ2v) is 15.2. The summed E-state index contributed by atoms with van der Waals surface area (Å²) in [6, 6.07) is -2.42. The van der Waals surface area contributed by atoms with Crippen molar-refractivity contribution in [2.75, 3.05) is 110 Å². The number of unbranched alkanes of at least 4 members (excludes halogenated alkanes) is 1. The molecule has 24 heteroatoms. The van der Waals surface area contributed by atoms with Crippen molar-refractivity contribution in [1.29, 1.82) is 0 Å². The molecule has 23 nitrogen and oxygen atoms in total. The lowest BCUT2D eigenvalue weighted by atomic mass is 10.1. The predicted molar refractivity (Wildman–Crippen MR) is 217 cm³/mol. The van der Waals surface area contributed by atoms with Crippen LogP contribution >= 0.6 is 11.8 Å². The van der Waals surface area contributed by atoms with E-state index in [-0.39, 0.29) is 96.6 Å².